The molecule has 0 aliphatic carbocycles. The Balaban J connectivity index is 0.000000791. The number of aromatic hydroxyl groups is 1. The molecule has 1 aromatic rings. The van der Waals surface area contributed by atoms with Gasteiger partial charge in [-0.05, 0) is 19.1 Å². The van der Waals surface area contributed by atoms with Gasteiger partial charge in [-0.15, -0.1) is 0 Å². The average Bonchev–Trinajstić information content (AvgIpc) is 2.24. The number of phenolic OH excluding ortho intramolecular Hbond substituents is 1. The number of rotatable bonds is 1. The summed E-state index contributed by atoms with van der Waals surface area (Å²) in [6.07, 6.45) is 0. The molecule has 0 saturated carbocycles. The van der Waals surface area contributed by atoms with E-state index in [1.807, 2.05) is 13.8 Å². The van der Waals surface area contributed by atoms with Crippen molar-refractivity contribution in [3.05, 3.63) is 29.3 Å². The first-order chi connectivity index (χ1) is 6.66. The number of methoxy groups -OCH3 is 1. The lowest BCUT2D eigenvalue weighted by Gasteiger charge is -2.04. The molecule has 0 saturated heterocycles. The van der Waals surface area contributed by atoms with E-state index in [0.717, 1.165) is 0 Å². The second-order valence-electron chi connectivity index (χ2n) is 2.44. The van der Waals surface area contributed by atoms with Crippen LogP contribution in [0.5, 0.6) is 5.75 Å². The van der Waals surface area contributed by atoms with E-state index in [1.165, 1.54) is 13.2 Å². The zero-order valence-electron chi connectivity index (χ0n) is 9.00. The SMILES string of the molecule is CC.COC(=O)c1cccc(O)c1C. The molecule has 0 aliphatic rings. The molecule has 0 aromatic heterocycles. The van der Waals surface area contributed by atoms with E-state index in [1.54, 1.807) is 19.1 Å². The van der Waals surface area contributed by atoms with Crippen LogP contribution in [0.25, 0.3) is 0 Å². The number of esters is 1. The maximum atomic E-state index is 11.1. The Labute approximate surface area is 84.3 Å². The van der Waals surface area contributed by atoms with E-state index >= 15 is 0 Å². The molecular formula is C11H16O3. The van der Waals surface area contributed by atoms with Crippen molar-refractivity contribution in [1.29, 1.82) is 0 Å². The minimum Gasteiger partial charge on any atom is -0.508 e. The van der Waals surface area contributed by atoms with Gasteiger partial charge in [-0.1, -0.05) is 19.9 Å². The van der Waals surface area contributed by atoms with Crippen molar-refractivity contribution >= 4 is 5.97 Å². The fourth-order valence-corrected chi connectivity index (χ4v) is 0.955. The lowest BCUT2D eigenvalue weighted by molar-refractivity contribution is 0.0599. The molecule has 0 fully saturated rings. The molecule has 0 spiro atoms. The lowest BCUT2D eigenvalue weighted by atomic mass is 10.1. The van der Waals surface area contributed by atoms with Gasteiger partial charge in [0.15, 0.2) is 0 Å². The van der Waals surface area contributed by atoms with Crippen LogP contribution in [0.15, 0.2) is 18.2 Å². The predicted molar refractivity (Wildman–Crippen MR) is 55.5 cm³/mol. The van der Waals surface area contributed by atoms with Crippen molar-refractivity contribution < 1.29 is 14.6 Å². The highest BCUT2D eigenvalue weighted by Crippen LogP contribution is 2.19. The molecule has 0 bridgehead atoms. The molecule has 14 heavy (non-hydrogen) atoms. The van der Waals surface area contributed by atoms with Gasteiger partial charge in [-0.2, -0.15) is 0 Å². The average molecular weight is 196 g/mol. The molecule has 1 aromatic carbocycles. The van der Waals surface area contributed by atoms with Crippen molar-refractivity contribution in [1.82, 2.24) is 0 Å². The number of hydrogen-bond acceptors (Lipinski definition) is 3. The minimum absolute atomic E-state index is 0.109. The van der Waals surface area contributed by atoms with E-state index in [9.17, 15) is 9.90 Å². The van der Waals surface area contributed by atoms with Gasteiger partial charge in [0.25, 0.3) is 0 Å². The fourth-order valence-electron chi connectivity index (χ4n) is 0.955. The van der Waals surface area contributed by atoms with Crippen LogP contribution in [0.1, 0.15) is 29.8 Å². The topological polar surface area (TPSA) is 46.5 Å². The molecule has 0 amide bonds. The number of phenols is 1. The van der Waals surface area contributed by atoms with Crippen LogP contribution < -0.4 is 0 Å². The van der Waals surface area contributed by atoms with E-state index < -0.39 is 5.97 Å². The van der Waals surface area contributed by atoms with Gasteiger partial charge in [-0.3, -0.25) is 0 Å². The van der Waals surface area contributed by atoms with Crippen LogP contribution in [-0.2, 0) is 4.74 Å². The number of benzene rings is 1. The van der Waals surface area contributed by atoms with Crippen LogP contribution in [-0.4, -0.2) is 18.2 Å². The lowest BCUT2D eigenvalue weighted by Crippen LogP contribution is -2.03. The van der Waals surface area contributed by atoms with Crippen molar-refractivity contribution in [2.45, 2.75) is 20.8 Å². The summed E-state index contributed by atoms with van der Waals surface area (Å²) in [5.41, 5.74) is 0.946. The third-order valence-electron chi connectivity index (χ3n) is 1.71. The molecule has 1 rings (SSSR count). The van der Waals surface area contributed by atoms with Crippen LogP contribution in [0.3, 0.4) is 0 Å². The third kappa shape index (κ3) is 2.76. The molecular weight excluding hydrogens is 180 g/mol. The summed E-state index contributed by atoms with van der Waals surface area (Å²) in [5, 5.41) is 9.24. The summed E-state index contributed by atoms with van der Waals surface area (Å²) in [6, 6.07) is 4.75. The van der Waals surface area contributed by atoms with Crippen molar-refractivity contribution in [2.24, 2.45) is 0 Å². The summed E-state index contributed by atoms with van der Waals surface area (Å²) in [6.45, 7) is 5.67. The molecule has 0 heterocycles. The van der Waals surface area contributed by atoms with Gasteiger partial charge in [0.1, 0.15) is 5.75 Å². The fraction of sp³-hybridized carbons (Fsp3) is 0.364. The van der Waals surface area contributed by atoms with Crippen molar-refractivity contribution in [3.63, 3.8) is 0 Å². The Morgan fingerprint density at radius 2 is 1.93 bits per heavy atom. The maximum Gasteiger partial charge on any atom is 0.338 e. The summed E-state index contributed by atoms with van der Waals surface area (Å²) < 4.78 is 4.52. The van der Waals surface area contributed by atoms with Crippen molar-refractivity contribution in [3.8, 4) is 5.75 Å². The first-order valence-electron chi connectivity index (χ1n) is 4.53. The first-order valence-corrected chi connectivity index (χ1v) is 4.53. The quantitative estimate of drug-likeness (QED) is 0.702. The van der Waals surface area contributed by atoms with Crippen LogP contribution in [0.4, 0.5) is 0 Å². The highest BCUT2D eigenvalue weighted by molar-refractivity contribution is 5.91. The normalized spacial score (nSPS) is 8.57. The molecule has 0 radical (unpaired) electrons. The highest BCUT2D eigenvalue weighted by atomic mass is 16.5. The first kappa shape index (κ1) is 12.5. The Hall–Kier alpha value is -1.51. The minimum atomic E-state index is -0.427. The molecule has 3 nitrogen and oxygen atoms in total. The maximum absolute atomic E-state index is 11.1. The van der Waals surface area contributed by atoms with Gasteiger partial charge < -0.3 is 9.84 Å². The second-order valence-corrected chi connectivity index (χ2v) is 2.44. The second kappa shape index (κ2) is 6.02. The molecule has 1 N–H and O–H groups in total. The molecule has 0 atom stereocenters. The van der Waals surface area contributed by atoms with Crippen LogP contribution >= 0.6 is 0 Å². The summed E-state index contributed by atoms with van der Waals surface area (Å²) >= 11 is 0. The standard InChI is InChI=1S/C9H10O3.C2H6/c1-6-7(9(11)12-2)4-3-5-8(6)10;1-2/h3-5,10H,1-2H3;1-2H3. The number of carbonyl (C=O) groups excluding carboxylic acids is 1. The zero-order chi connectivity index (χ0) is 11.1. The Kier molecular flexibility index (Phi) is 5.37. The third-order valence-corrected chi connectivity index (χ3v) is 1.71. The Morgan fingerprint density at radius 3 is 2.43 bits per heavy atom. The van der Waals surface area contributed by atoms with Crippen LogP contribution in [0.2, 0.25) is 0 Å². The Morgan fingerprint density at radius 1 is 1.36 bits per heavy atom. The van der Waals surface area contributed by atoms with E-state index in [2.05, 4.69) is 4.74 Å². The summed E-state index contributed by atoms with van der Waals surface area (Å²) in [7, 11) is 1.31. The monoisotopic (exact) mass is 196 g/mol. The predicted octanol–water partition coefficient (Wildman–Crippen LogP) is 2.51. The van der Waals surface area contributed by atoms with Gasteiger partial charge in [0.05, 0.1) is 12.7 Å². The van der Waals surface area contributed by atoms with E-state index in [4.69, 9.17) is 0 Å². The Bertz CT molecular complexity index is 305. The van der Waals surface area contributed by atoms with Gasteiger partial charge in [0, 0.05) is 5.56 Å². The highest BCUT2D eigenvalue weighted by Gasteiger charge is 2.10. The number of carbonyl (C=O) groups is 1. The van der Waals surface area contributed by atoms with Crippen molar-refractivity contribution in [2.75, 3.05) is 7.11 Å². The van der Waals surface area contributed by atoms with Gasteiger partial charge >= 0.3 is 5.97 Å². The smallest absolute Gasteiger partial charge is 0.338 e. The summed E-state index contributed by atoms with van der Waals surface area (Å²) in [4.78, 5) is 11.1. The largest absolute Gasteiger partial charge is 0.508 e. The summed E-state index contributed by atoms with van der Waals surface area (Å²) in [5.74, 6) is -0.318. The van der Waals surface area contributed by atoms with Gasteiger partial charge in [0.2, 0.25) is 0 Å². The van der Waals surface area contributed by atoms with E-state index in [0.29, 0.717) is 11.1 Å². The molecule has 0 unspecified atom stereocenters. The van der Waals surface area contributed by atoms with Crippen LogP contribution in [0, 0.1) is 6.92 Å². The van der Waals surface area contributed by atoms with E-state index in [-0.39, 0.29) is 5.75 Å². The molecule has 78 valence electrons. The zero-order valence-corrected chi connectivity index (χ0v) is 9.00. The number of hydrogen-bond donors (Lipinski definition) is 1. The molecule has 3 heteroatoms. The van der Waals surface area contributed by atoms with Gasteiger partial charge in [-0.25, -0.2) is 4.79 Å². The molecule has 0 aliphatic heterocycles. The number of ether oxygens (including phenoxy) is 1.